The van der Waals surface area contributed by atoms with Crippen molar-refractivity contribution in [2.45, 2.75) is 19.9 Å². The molecule has 0 bridgehead atoms. The van der Waals surface area contributed by atoms with Crippen molar-refractivity contribution in [3.8, 4) is 23.0 Å². The predicted octanol–water partition coefficient (Wildman–Crippen LogP) is 4.27. The summed E-state index contributed by atoms with van der Waals surface area (Å²) in [4.78, 5) is 18.2. The minimum Gasteiger partial charge on any atom is -0.358 e. The molecule has 31 heavy (non-hydrogen) atoms. The second-order valence-corrected chi connectivity index (χ2v) is 7.44. The Kier molecular flexibility index (Phi) is 4.83. The summed E-state index contributed by atoms with van der Waals surface area (Å²) in [6.07, 6.45) is 1.40. The first kappa shape index (κ1) is 18.9. The number of aromatic nitrogens is 7. The summed E-state index contributed by atoms with van der Waals surface area (Å²) in [7, 11) is 0. The van der Waals surface area contributed by atoms with Crippen molar-refractivity contribution in [3.63, 3.8) is 0 Å². The van der Waals surface area contributed by atoms with Crippen LogP contribution < -0.4 is 5.32 Å². The van der Waals surface area contributed by atoms with Crippen LogP contribution >= 0.6 is 0 Å². The topological polar surface area (TPSA) is 118 Å². The fraction of sp³-hybridized carbons (Fsp3) is 0.182. The zero-order valence-corrected chi connectivity index (χ0v) is 17.0. The number of H-pyrrole nitrogens is 1. The van der Waals surface area contributed by atoms with E-state index in [1.54, 1.807) is 0 Å². The fourth-order valence-electron chi connectivity index (χ4n) is 3.33. The summed E-state index contributed by atoms with van der Waals surface area (Å²) in [6, 6.07) is 17.6. The minimum absolute atomic E-state index is 0.150. The number of para-hydroxylation sites is 1. The Bertz CT molecular complexity index is 1300. The zero-order valence-electron chi connectivity index (χ0n) is 17.0. The molecule has 9 heteroatoms. The lowest BCUT2D eigenvalue weighted by atomic mass is 10.0. The highest BCUT2D eigenvalue weighted by molar-refractivity contribution is 5.90. The molecule has 0 radical (unpaired) electrons. The Morgan fingerprint density at radius 2 is 1.71 bits per heavy atom. The van der Waals surface area contributed by atoms with E-state index in [-0.39, 0.29) is 12.0 Å². The number of rotatable bonds is 6. The highest BCUT2D eigenvalue weighted by atomic mass is 16.5. The quantitative estimate of drug-likeness (QED) is 0.424. The first-order chi connectivity index (χ1) is 15.2. The summed E-state index contributed by atoms with van der Waals surface area (Å²) in [5, 5.41) is 15.1. The summed E-state index contributed by atoms with van der Waals surface area (Å²) in [5.41, 5.74) is 1.80. The van der Waals surface area contributed by atoms with Gasteiger partial charge >= 0.3 is 0 Å². The largest absolute Gasteiger partial charge is 0.358 e. The van der Waals surface area contributed by atoms with Crippen LogP contribution in [0.15, 0.2) is 65.4 Å². The lowest BCUT2D eigenvalue weighted by Gasteiger charge is -2.20. The Morgan fingerprint density at radius 1 is 0.903 bits per heavy atom. The molecule has 5 rings (SSSR count). The van der Waals surface area contributed by atoms with Gasteiger partial charge in [-0.3, -0.25) is 5.10 Å². The van der Waals surface area contributed by atoms with E-state index in [1.807, 2.05) is 54.6 Å². The van der Waals surface area contributed by atoms with Gasteiger partial charge in [0.15, 0.2) is 11.6 Å². The molecule has 0 saturated heterocycles. The number of anilines is 1. The van der Waals surface area contributed by atoms with E-state index in [0.717, 1.165) is 16.5 Å². The van der Waals surface area contributed by atoms with Gasteiger partial charge in [0.2, 0.25) is 11.7 Å². The molecule has 2 N–H and O–H groups in total. The van der Waals surface area contributed by atoms with Crippen LogP contribution in [0.5, 0.6) is 0 Å². The number of hydrogen-bond acceptors (Lipinski definition) is 8. The van der Waals surface area contributed by atoms with Crippen LogP contribution in [0.25, 0.3) is 33.9 Å². The molecule has 0 spiro atoms. The highest BCUT2D eigenvalue weighted by Gasteiger charge is 2.25. The van der Waals surface area contributed by atoms with Crippen LogP contribution in [-0.4, -0.2) is 35.3 Å². The maximum atomic E-state index is 5.56. The third-order valence-electron chi connectivity index (χ3n) is 4.93. The first-order valence-electron chi connectivity index (χ1n) is 9.97. The molecule has 0 aliphatic heterocycles. The predicted molar refractivity (Wildman–Crippen MR) is 116 cm³/mol. The molecular weight excluding hydrogens is 392 g/mol. The van der Waals surface area contributed by atoms with Gasteiger partial charge in [0.1, 0.15) is 18.2 Å². The second kappa shape index (κ2) is 7.94. The van der Waals surface area contributed by atoms with Gasteiger partial charge in [-0.15, -0.1) is 0 Å². The zero-order chi connectivity index (χ0) is 21.2. The summed E-state index contributed by atoms with van der Waals surface area (Å²) in [5.74, 6) is 2.77. The van der Waals surface area contributed by atoms with Crippen molar-refractivity contribution in [1.29, 1.82) is 0 Å². The summed E-state index contributed by atoms with van der Waals surface area (Å²) < 4.78 is 5.56. The SMILES string of the molecule is CC(C)[C@@H](Nc1nc(-c2ccccc2)nc2ccccc12)c1nc(-c2ncn[nH]2)no1. The average Bonchev–Trinajstić information content (AvgIpc) is 3.49. The van der Waals surface area contributed by atoms with E-state index < -0.39 is 0 Å². The lowest BCUT2D eigenvalue weighted by Crippen LogP contribution is -2.18. The van der Waals surface area contributed by atoms with E-state index in [9.17, 15) is 0 Å². The Labute approximate surface area is 178 Å². The minimum atomic E-state index is -0.258. The van der Waals surface area contributed by atoms with Gasteiger partial charge in [0.25, 0.3) is 0 Å². The van der Waals surface area contributed by atoms with Crippen molar-refractivity contribution in [2.24, 2.45) is 5.92 Å². The fourth-order valence-corrected chi connectivity index (χ4v) is 3.33. The standard InChI is InChI=1S/C22H20N8O/c1-13(2)17(22-28-21(30-31-22)20-23-12-24-29-20)26-19-15-10-6-7-11-16(15)25-18(27-19)14-8-4-3-5-9-14/h3-13,17H,1-2H3,(H,23,24,29)(H,25,26,27)/t17-/m1/s1. The van der Waals surface area contributed by atoms with Crippen LogP contribution in [0, 0.1) is 5.92 Å². The maximum Gasteiger partial charge on any atom is 0.249 e. The number of hydrogen-bond donors (Lipinski definition) is 2. The van der Waals surface area contributed by atoms with Crippen molar-refractivity contribution < 1.29 is 4.52 Å². The average molecular weight is 412 g/mol. The third-order valence-corrected chi connectivity index (χ3v) is 4.93. The lowest BCUT2D eigenvalue weighted by molar-refractivity contribution is 0.335. The smallest absolute Gasteiger partial charge is 0.249 e. The van der Waals surface area contributed by atoms with Crippen molar-refractivity contribution >= 4 is 16.7 Å². The number of nitrogens with zero attached hydrogens (tertiary/aromatic N) is 6. The first-order valence-corrected chi connectivity index (χ1v) is 9.97. The van der Waals surface area contributed by atoms with Crippen molar-refractivity contribution in [2.75, 3.05) is 5.32 Å². The maximum absolute atomic E-state index is 5.56. The van der Waals surface area contributed by atoms with Gasteiger partial charge in [-0.1, -0.05) is 61.5 Å². The number of benzene rings is 2. The summed E-state index contributed by atoms with van der Waals surface area (Å²) >= 11 is 0. The molecule has 154 valence electrons. The molecule has 0 aliphatic carbocycles. The molecule has 5 aromatic rings. The molecule has 3 heterocycles. The molecule has 3 aromatic heterocycles. The van der Waals surface area contributed by atoms with E-state index in [1.165, 1.54) is 6.33 Å². The van der Waals surface area contributed by atoms with Gasteiger partial charge in [0.05, 0.1) is 5.52 Å². The molecule has 0 aliphatic rings. The third kappa shape index (κ3) is 3.73. The normalized spacial score (nSPS) is 12.4. The Hall–Kier alpha value is -4.14. The molecule has 0 unspecified atom stereocenters. The van der Waals surface area contributed by atoms with Crippen LogP contribution in [0.3, 0.4) is 0 Å². The Balaban J connectivity index is 1.56. The molecular formula is C22H20N8O. The molecule has 2 aromatic carbocycles. The van der Waals surface area contributed by atoms with Crippen molar-refractivity contribution in [1.82, 2.24) is 35.3 Å². The molecule has 1 atom stereocenters. The molecule has 0 saturated carbocycles. The highest BCUT2D eigenvalue weighted by Crippen LogP contribution is 2.31. The van der Waals surface area contributed by atoms with E-state index >= 15 is 0 Å². The van der Waals surface area contributed by atoms with Crippen LogP contribution in [-0.2, 0) is 0 Å². The van der Waals surface area contributed by atoms with Crippen molar-refractivity contribution in [3.05, 3.63) is 66.8 Å². The molecule has 0 fully saturated rings. The van der Waals surface area contributed by atoms with Crippen LogP contribution in [0.2, 0.25) is 0 Å². The van der Waals surface area contributed by atoms with Gasteiger partial charge in [-0.25, -0.2) is 15.0 Å². The van der Waals surface area contributed by atoms with E-state index in [0.29, 0.717) is 29.2 Å². The number of nitrogens with one attached hydrogen (secondary N) is 2. The van der Waals surface area contributed by atoms with Gasteiger partial charge in [0, 0.05) is 10.9 Å². The number of aromatic amines is 1. The summed E-state index contributed by atoms with van der Waals surface area (Å²) in [6.45, 7) is 4.16. The van der Waals surface area contributed by atoms with E-state index in [4.69, 9.17) is 14.5 Å². The monoisotopic (exact) mass is 412 g/mol. The van der Waals surface area contributed by atoms with Crippen LogP contribution in [0.1, 0.15) is 25.8 Å². The van der Waals surface area contributed by atoms with Gasteiger partial charge in [-0.2, -0.15) is 10.1 Å². The van der Waals surface area contributed by atoms with E-state index in [2.05, 4.69) is 44.5 Å². The van der Waals surface area contributed by atoms with Gasteiger partial charge < -0.3 is 9.84 Å². The second-order valence-electron chi connectivity index (χ2n) is 7.44. The Morgan fingerprint density at radius 3 is 2.48 bits per heavy atom. The van der Waals surface area contributed by atoms with Gasteiger partial charge in [-0.05, 0) is 18.1 Å². The molecule has 9 nitrogen and oxygen atoms in total. The van der Waals surface area contributed by atoms with Crippen LogP contribution in [0.4, 0.5) is 5.82 Å². The molecule has 0 amide bonds. The number of fused-ring (bicyclic) bond motifs is 1.